The molecule has 0 amide bonds. The predicted octanol–water partition coefficient (Wildman–Crippen LogP) is -0.976. The molecule has 0 saturated carbocycles. The minimum absolute atomic E-state index is 0. The molecule has 18 nitrogen and oxygen atoms in total. The van der Waals surface area contributed by atoms with Gasteiger partial charge in [-0.3, -0.25) is 59.1 Å². The molecule has 6 N–H and O–H groups in total. The highest BCUT2D eigenvalue weighted by atomic mass is 16.2. The van der Waals surface area contributed by atoms with Crippen molar-refractivity contribution < 1.29 is 9.59 Å². The molecular formula is C43H88N16O2. The van der Waals surface area contributed by atoms with E-state index >= 15 is 0 Å². The van der Waals surface area contributed by atoms with E-state index in [4.69, 9.17) is 9.59 Å². The number of carbonyl (C=O) groups excluding carboxylic acids is 2. The van der Waals surface area contributed by atoms with E-state index in [1.54, 1.807) is 37.3 Å². The molecule has 6 aliphatic heterocycles. The summed E-state index contributed by atoms with van der Waals surface area (Å²) < 4.78 is 0. The Morgan fingerprint density at radius 2 is 0.525 bits per heavy atom. The number of aliphatic imine (C=N–C) groups is 6. The number of nitrogens with one attached hydrogen (secondary N) is 6. The van der Waals surface area contributed by atoms with Crippen LogP contribution in [0.2, 0.25) is 0 Å². The number of nitrogens with zero attached hydrogens (tertiary/aromatic N) is 10. The van der Waals surface area contributed by atoms with Crippen LogP contribution in [0.5, 0.6) is 0 Å². The summed E-state index contributed by atoms with van der Waals surface area (Å²) in [4.78, 5) is 54.0. The summed E-state index contributed by atoms with van der Waals surface area (Å²) in [7, 11) is 0. The minimum Gasteiger partial charge on any atom is -0.314 e. The monoisotopic (exact) mass is 861 g/mol. The maximum absolute atomic E-state index is 8.81. The van der Waals surface area contributed by atoms with Crippen molar-refractivity contribution in [2.75, 3.05) is 196 Å². The minimum atomic E-state index is 0. The molecule has 18 heteroatoms. The van der Waals surface area contributed by atoms with Gasteiger partial charge in [0, 0.05) is 194 Å². The van der Waals surface area contributed by atoms with Crippen LogP contribution in [0, 0.1) is 0 Å². The van der Waals surface area contributed by atoms with Crippen LogP contribution in [-0.2, 0) is 9.59 Å². The molecule has 3 fully saturated rings. The van der Waals surface area contributed by atoms with E-state index in [1.165, 1.54) is 12.8 Å². The van der Waals surface area contributed by atoms with Gasteiger partial charge in [-0.25, -0.2) is 0 Å². The third-order valence-electron chi connectivity index (χ3n) is 9.72. The molecule has 0 unspecified atom stereocenters. The van der Waals surface area contributed by atoms with E-state index < -0.39 is 0 Å². The summed E-state index contributed by atoms with van der Waals surface area (Å²) in [6.45, 7) is 33.7. The van der Waals surface area contributed by atoms with Crippen molar-refractivity contribution in [3.05, 3.63) is 0 Å². The lowest BCUT2D eigenvalue weighted by Gasteiger charge is -2.25. The second-order valence-corrected chi connectivity index (χ2v) is 14.5. The highest BCUT2D eigenvalue weighted by Crippen LogP contribution is 1.93. The molecule has 0 aromatic carbocycles. The lowest BCUT2D eigenvalue weighted by molar-refractivity contribution is -0.122. The number of rotatable bonds is 2. The van der Waals surface area contributed by atoms with Crippen molar-refractivity contribution in [3.8, 4) is 0 Å². The van der Waals surface area contributed by atoms with Gasteiger partial charge in [0.2, 0.25) is 0 Å². The summed E-state index contributed by atoms with van der Waals surface area (Å²) in [5.74, 6) is 0. The highest BCUT2D eigenvalue weighted by Gasteiger charge is 2.08. The number of unbranched alkanes of at least 4 members (excludes halogenated alkanes) is 1. The van der Waals surface area contributed by atoms with E-state index in [9.17, 15) is 0 Å². The molecule has 6 heterocycles. The van der Waals surface area contributed by atoms with Crippen molar-refractivity contribution in [2.45, 2.75) is 34.1 Å². The molecule has 0 atom stereocenters. The number of carbonyl (C=O) groups is 2. The fourth-order valence-electron chi connectivity index (χ4n) is 5.97. The molecule has 61 heavy (non-hydrogen) atoms. The number of hydrogen-bond acceptors (Lipinski definition) is 18. The van der Waals surface area contributed by atoms with Crippen LogP contribution in [0.1, 0.15) is 34.1 Å². The van der Waals surface area contributed by atoms with Crippen LogP contribution < -0.4 is 31.9 Å². The zero-order chi connectivity index (χ0) is 43.1. The first-order chi connectivity index (χ1) is 29.7. The molecule has 3 saturated heterocycles. The molecular weight excluding hydrogens is 773 g/mol. The topological polar surface area (TPSA) is 193 Å². The molecule has 0 spiro atoms. The maximum Gasteiger partial charge on any atom is 0.182 e. The second kappa shape index (κ2) is 48.0. The van der Waals surface area contributed by atoms with Crippen molar-refractivity contribution >= 4 is 49.9 Å². The third kappa shape index (κ3) is 40.8. The van der Waals surface area contributed by atoms with E-state index in [2.05, 4.69) is 95.3 Å². The summed E-state index contributed by atoms with van der Waals surface area (Å²) in [6.07, 6.45) is 13.9. The Bertz CT molecular complexity index is 930. The van der Waals surface area contributed by atoms with Crippen molar-refractivity contribution in [1.29, 1.82) is 0 Å². The van der Waals surface area contributed by atoms with Gasteiger partial charge in [0.1, 0.15) is 0 Å². The summed E-state index contributed by atoms with van der Waals surface area (Å²) >= 11 is 0. The van der Waals surface area contributed by atoms with E-state index in [0.29, 0.717) is 0 Å². The van der Waals surface area contributed by atoms with Crippen LogP contribution in [0.25, 0.3) is 0 Å². The van der Waals surface area contributed by atoms with Crippen molar-refractivity contribution in [2.24, 2.45) is 30.0 Å². The van der Waals surface area contributed by atoms with Gasteiger partial charge in [-0.1, -0.05) is 34.1 Å². The fourth-order valence-corrected chi connectivity index (χ4v) is 5.97. The number of fused-ring (bicyclic) bond motifs is 36. The molecule has 4 bridgehead atoms. The quantitative estimate of drug-likeness (QED) is 0.147. The summed E-state index contributed by atoms with van der Waals surface area (Å²) in [5.41, 5.74) is 0. The van der Waals surface area contributed by atoms with Gasteiger partial charge in [0.15, 0.2) is 12.6 Å². The Kier molecular flexibility index (Phi) is 45.6. The highest BCUT2D eigenvalue weighted by molar-refractivity contribution is 6.16. The van der Waals surface area contributed by atoms with Crippen LogP contribution in [-0.4, -0.2) is 266 Å². The molecule has 0 radical (unpaired) electrons. The smallest absolute Gasteiger partial charge is 0.182 e. The molecule has 0 aliphatic carbocycles. The Balaban J connectivity index is 0.000000989. The number of hydrogen-bond donors (Lipinski definition) is 6. The maximum atomic E-state index is 8.81. The predicted molar refractivity (Wildman–Crippen MR) is 263 cm³/mol. The molecule has 352 valence electrons. The van der Waals surface area contributed by atoms with Crippen LogP contribution in [0.4, 0.5) is 0 Å². The van der Waals surface area contributed by atoms with Gasteiger partial charge in [0.25, 0.3) is 0 Å². The van der Waals surface area contributed by atoms with Gasteiger partial charge in [0.05, 0.1) is 39.3 Å². The Labute approximate surface area is 370 Å². The van der Waals surface area contributed by atoms with Gasteiger partial charge in [-0.05, 0) is 0 Å². The lowest BCUT2D eigenvalue weighted by Crippen LogP contribution is -2.45. The average Bonchev–Trinajstić information content (AvgIpc) is 3.26. The van der Waals surface area contributed by atoms with Crippen LogP contribution in [0.15, 0.2) is 30.0 Å². The fraction of sp³-hybridized carbons (Fsp3) is 0.814. The average molecular weight is 861 g/mol. The molecule has 6 rings (SSSR count). The zero-order valence-corrected chi connectivity index (χ0v) is 37.5. The first-order valence-corrected chi connectivity index (χ1v) is 22.7. The van der Waals surface area contributed by atoms with Gasteiger partial charge in [-0.15, -0.1) is 0 Å². The molecule has 6 aliphatic rings. The van der Waals surface area contributed by atoms with E-state index in [0.717, 1.165) is 196 Å². The Hall–Kier alpha value is -3.04. The van der Waals surface area contributed by atoms with Crippen molar-refractivity contribution in [1.82, 2.24) is 51.5 Å². The number of aldehydes is 2. The Morgan fingerprint density at radius 1 is 0.344 bits per heavy atom. The summed E-state index contributed by atoms with van der Waals surface area (Å²) in [5, 5.41) is 21.5. The van der Waals surface area contributed by atoms with E-state index in [1.807, 2.05) is 0 Å². The van der Waals surface area contributed by atoms with Crippen LogP contribution in [0.3, 0.4) is 0 Å². The SMILES string of the molecule is C.C1=NCCN2CCN=CC=NCCN(CCN=C1)CCN=CC=NCC2.C1CNCCN2CCNCCNCCN(CCN1)CCNCCNCC2.CCCC.O=CC=O. The van der Waals surface area contributed by atoms with E-state index in [-0.39, 0.29) is 20.0 Å². The zero-order valence-electron chi connectivity index (χ0n) is 37.5. The summed E-state index contributed by atoms with van der Waals surface area (Å²) in [6, 6.07) is 0. The van der Waals surface area contributed by atoms with Crippen LogP contribution >= 0.6 is 0 Å². The van der Waals surface area contributed by atoms with Gasteiger partial charge in [-0.2, -0.15) is 0 Å². The first kappa shape index (κ1) is 58.0. The van der Waals surface area contributed by atoms with Gasteiger partial charge < -0.3 is 31.9 Å². The second-order valence-electron chi connectivity index (χ2n) is 14.5. The molecule has 0 aromatic rings. The largest absolute Gasteiger partial charge is 0.314 e. The lowest BCUT2D eigenvalue weighted by atomic mass is 10.4. The first-order valence-electron chi connectivity index (χ1n) is 22.7. The third-order valence-corrected chi connectivity index (χ3v) is 9.72. The van der Waals surface area contributed by atoms with Gasteiger partial charge >= 0.3 is 0 Å². The Morgan fingerprint density at radius 3 is 0.689 bits per heavy atom. The normalized spacial score (nSPS) is 25.2. The molecule has 0 aromatic heterocycles. The van der Waals surface area contributed by atoms with Crippen molar-refractivity contribution in [3.63, 3.8) is 0 Å². The standard InChI is InChI=1S/C18H42N8.C18H30N8.C4H10.C2H2O2.CH4/c2*1-2-20-8-14-26-17-11-23-5-3-21-9-15-25(13-7-19-1)16-10-22-4-6-24-12-18-26;1-3-4-2;3-1-2-4;/h19-24H,1-18H2;1-6H,7-18H2;3-4H2,1-2H3;1-2H;1H4.